The first kappa shape index (κ1) is 20.7. The van der Waals surface area contributed by atoms with E-state index in [1.54, 1.807) is 6.92 Å². The zero-order valence-electron chi connectivity index (χ0n) is 9.53. The van der Waals surface area contributed by atoms with Crippen molar-refractivity contribution in [3.63, 3.8) is 0 Å². The van der Waals surface area contributed by atoms with Crippen molar-refractivity contribution in [2.75, 3.05) is 0 Å². The number of phosphoric acid groups is 1. The molecule has 0 aliphatic carbocycles. The van der Waals surface area contributed by atoms with Crippen molar-refractivity contribution in [2.24, 2.45) is 0 Å². The molecule has 0 radical (unpaired) electrons. The molecule has 0 aromatic carbocycles. The second-order valence-electron chi connectivity index (χ2n) is 2.02. The summed E-state index contributed by atoms with van der Waals surface area (Å²) in [6, 6.07) is 0. The molecule has 0 amide bonds. The van der Waals surface area contributed by atoms with Crippen molar-refractivity contribution in [1.29, 1.82) is 0 Å². The Kier molecular flexibility index (Phi) is 14.9. The molecule has 0 aromatic rings. The van der Waals surface area contributed by atoms with E-state index in [2.05, 4.69) is 11.3 Å². The number of aliphatic hydroxyl groups is 1. The first-order valence-corrected chi connectivity index (χ1v) is 5.06. The first-order valence-electron chi connectivity index (χ1n) is 3.50. The van der Waals surface area contributed by atoms with E-state index in [1.807, 2.05) is 0 Å². The molecule has 4 N–H and O–H groups in total. The average Bonchev–Trinajstić information content (AvgIpc) is 2.01. The molecule has 0 rings (SSSR count). The smallest absolute Gasteiger partial charge is 1.00 e. The zero-order chi connectivity index (χ0) is 11.8. The summed E-state index contributed by atoms with van der Waals surface area (Å²) in [6.07, 6.45) is 0.425. The van der Waals surface area contributed by atoms with Crippen LogP contribution in [0.15, 0.2) is 12.7 Å². The summed E-state index contributed by atoms with van der Waals surface area (Å²) >= 11 is 0. The van der Waals surface area contributed by atoms with Crippen LogP contribution in [-0.2, 0) is 14.1 Å². The maximum absolute atomic E-state index is 10.3. The molecule has 0 spiro atoms. The van der Waals surface area contributed by atoms with Crippen LogP contribution in [0.25, 0.3) is 0 Å². The predicted molar refractivity (Wildman–Crippen MR) is 48.0 cm³/mol. The SMILES string of the molecule is C=CC(=O)OC(O)CC.O=P(O)(O)O.[H-].[Na+]. The number of ether oxygens (including phenoxy) is 1. The quantitative estimate of drug-likeness (QED) is 0.136. The fourth-order valence-corrected chi connectivity index (χ4v) is 0.266. The van der Waals surface area contributed by atoms with Crippen molar-refractivity contribution < 1.29 is 64.9 Å². The average molecular weight is 252 g/mol. The van der Waals surface area contributed by atoms with E-state index in [9.17, 15) is 4.79 Å². The van der Waals surface area contributed by atoms with Crippen molar-refractivity contribution in [2.45, 2.75) is 19.6 Å². The molecule has 0 aliphatic heterocycles. The van der Waals surface area contributed by atoms with E-state index in [0.29, 0.717) is 6.42 Å². The van der Waals surface area contributed by atoms with Gasteiger partial charge >= 0.3 is 43.3 Å². The molecule has 0 fully saturated rings. The fourth-order valence-electron chi connectivity index (χ4n) is 0.266. The van der Waals surface area contributed by atoms with Gasteiger partial charge in [-0.05, 0) is 0 Å². The van der Waals surface area contributed by atoms with Gasteiger partial charge in [0.25, 0.3) is 0 Å². The molecule has 0 heterocycles. The van der Waals surface area contributed by atoms with E-state index >= 15 is 0 Å². The maximum Gasteiger partial charge on any atom is 1.00 e. The van der Waals surface area contributed by atoms with Crippen molar-refractivity contribution in [1.82, 2.24) is 0 Å². The predicted octanol–water partition coefficient (Wildman–Crippen LogP) is -3.37. The normalized spacial score (nSPS) is 11.3. The Morgan fingerprint density at radius 2 is 1.93 bits per heavy atom. The summed E-state index contributed by atoms with van der Waals surface area (Å²) < 4.78 is 13.2. The van der Waals surface area contributed by atoms with Crippen LogP contribution < -0.4 is 29.6 Å². The topological polar surface area (TPSA) is 124 Å². The number of hydrogen-bond donors (Lipinski definition) is 4. The third kappa shape index (κ3) is 31.4. The molecule has 86 valence electrons. The Bertz CT molecular complexity index is 223. The van der Waals surface area contributed by atoms with Gasteiger partial charge in [0.15, 0.2) is 0 Å². The molecular formula is C6H14NaO7P. The molecule has 0 aromatic heterocycles. The van der Waals surface area contributed by atoms with E-state index in [4.69, 9.17) is 24.4 Å². The summed E-state index contributed by atoms with van der Waals surface area (Å²) in [6.45, 7) is 4.87. The number of hydrogen-bond acceptors (Lipinski definition) is 4. The second-order valence-corrected chi connectivity index (χ2v) is 3.04. The van der Waals surface area contributed by atoms with E-state index < -0.39 is 20.1 Å². The van der Waals surface area contributed by atoms with Crippen LogP contribution in [0.5, 0.6) is 0 Å². The van der Waals surface area contributed by atoms with Gasteiger partial charge in [0, 0.05) is 12.5 Å². The third-order valence-electron chi connectivity index (χ3n) is 0.768. The monoisotopic (exact) mass is 252 g/mol. The van der Waals surface area contributed by atoms with Gasteiger partial charge in [-0.3, -0.25) is 0 Å². The van der Waals surface area contributed by atoms with Crippen molar-refractivity contribution in [3.8, 4) is 0 Å². The van der Waals surface area contributed by atoms with Gasteiger partial charge in [-0.15, -0.1) is 0 Å². The van der Waals surface area contributed by atoms with Gasteiger partial charge in [0.2, 0.25) is 6.29 Å². The Labute approximate surface area is 111 Å². The molecule has 15 heavy (non-hydrogen) atoms. The summed E-state index contributed by atoms with van der Waals surface area (Å²) in [5.41, 5.74) is 0. The molecule has 0 bridgehead atoms. The Morgan fingerprint density at radius 3 is 2.13 bits per heavy atom. The number of carbonyl (C=O) groups is 1. The summed E-state index contributed by atoms with van der Waals surface area (Å²) in [7, 11) is -4.64. The minimum absolute atomic E-state index is 0. The van der Waals surface area contributed by atoms with Gasteiger partial charge < -0.3 is 26.0 Å². The van der Waals surface area contributed by atoms with Gasteiger partial charge in [-0.1, -0.05) is 13.5 Å². The minimum Gasteiger partial charge on any atom is -1.00 e. The zero-order valence-corrected chi connectivity index (χ0v) is 11.4. The maximum atomic E-state index is 10.3. The minimum atomic E-state index is -4.64. The van der Waals surface area contributed by atoms with Crippen LogP contribution in [0.1, 0.15) is 14.8 Å². The molecule has 0 aliphatic rings. The second kappa shape index (κ2) is 10.8. The Morgan fingerprint density at radius 1 is 1.60 bits per heavy atom. The Hall–Kier alpha value is 0.280. The number of carbonyl (C=O) groups excluding carboxylic acids is 1. The van der Waals surface area contributed by atoms with Crippen LogP contribution in [-0.4, -0.2) is 32.0 Å². The summed E-state index contributed by atoms with van der Waals surface area (Å²) in [5, 5.41) is 8.67. The van der Waals surface area contributed by atoms with Crippen molar-refractivity contribution >= 4 is 13.8 Å². The van der Waals surface area contributed by atoms with Gasteiger partial charge in [0.1, 0.15) is 0 Å². The van der Waals surface area contributed by atoms with Crippen molar-refractivity contribution in [3.05, 3.63) is 12.7 Å². The molecule has 1 unspecified atom stereocenters. The molecule has 0 saturated heterocycles. The van der Waals surface area contributed by atoms with Crippen LogP contribution in [0.4, 0.5) is 0 Å². The summed E-state index contributed by atoms with van der Waals surface area (Å²) in [4.78, 5) is 31.8. The van der Waals surface area contributed by atoms with Crippen LogP contribution >= 0.6 is 7.82 Å². The van der Waals surface area contributed by atoms with E-state index in [-0.39, 0.29) is 31.0 Å². The fraction of sp³-hybridized carbons (Fsp3) is 0.500. The van der Waals surface area contributed by atoms with Crippen LogP contribution in [0, 0.1) is 0 Å². The molecule has 9 heteroatoms. The van der Waals surface area contributed by atoms with Crippen LogP contribution in [0.3, 0.4) is 0 Å². The number of rotatable bonds is 3. The molecule has 0 saturated carbocycles. The van der Waals surface area contributed by atoms with E-state index in [1.165, 1.54) is 0 Å². The molecule has 1 atom stereocenters. The van der Waals surface area contributed by atoms with Gasteiger partial charge in [-0.25, -0.2) is 9.36 Å². The Balaban J connectivity index is -0.0000000904. The van der Waals surface area contributed by atoms with Gasteiger partial charge in [0.05, 0.1) is 0 Å². The summed E-state index contributed by atoms with van der Waals surface area (Å²) in [5.74, 6) is -0.593. The van der Waals surface area contributed by atoms with Crippen LogP contribution in [0.2, 0.25) is 0 Å². The largest absolute Gasteiger partial charge is 1.00 e. The standard InChI is InChI=1S/C6H10O3.Na.H3O4P.H/c1-3-5(7)9-6(8)4-2;;1-5(2,3)4;/h3,6,8H,1,4H2,2H3;;(H3,1,2,3,4);/q;+1;;-1. The molecular weight excluding hydrogens is 238 g/mol. The van der Waals surface area contributed by atoms with E-state index in [0.717, 1.165) is 6.08 Å². The number of aliphatic hydroxyl groups excluding tert-OH is 1. The molecule has 7 nitrogen and oxygen atoms in total. The number of esters is 1. The third-order valence-corrected chi connectivity index (χ3v) is 0.768. The van der Waals surface area contributed by atoms with Gasteiger partial charge in [-0.2, -0.15) is 0 Å². The first-order chi connectivity index (χ1) is 6.20.